The fraction of sp³-hybridized carbons (Fsp3) is 0.100. The van der Waals surface area contributed by atoms with E-state index in [4.69, 9.17) is 0 Å². The molecular weight excluding hydrogens is 194 g/mol. The fourth-order valence-corrected chi connectivity index (χ4v) is 1.28. The quantitative estimate of drug-likeness (QED) is 0.746. The maximum atomic E-state index is 11.4. The van der Waals surface area contributed by atoms with Gasteiger partial charge >= 0.3 is 5.97 Å². The van der Waals surface area contributed by atoms with Crippen LogP contribution in [0, 0.1) is 0 Å². The van der Waals surface area contributed by atoms with E-state index in [1.54, 1.807) is 24.7 Å². The number of pyridine rings is 1. The van der Waals surface area contributed by atoms with Crippen LogP contribution in [-0.4, -0.2) is 28.3 Å². The van der Waals surface area contributed by atoms with Gasteiger partial charge in [-0.2, -0.15) is 5.10 Å². The van der Waals surface area contributed by atoms with Crippen LogP contribution in [0.2, 0.25) is 0 Å². The van der Waals surface area contributed by atoms with Gasteiger partial charge in [-0.3, -0.25) is 10.1 Å². The van der Waals surface area contributed by atoms with E-state index in [9.17, 15) is 4.79 Å². The molecule has 2 aromatic rings. The Balaban J connectivity index is 2.46. The number of carbonyl (C=O) groups is 1. The molecule has 0 amide bonds. The van der Waals surface area contributed by atoms with Gasteiger partial charge in [0.2, 0.25) is 0 Å². The van der Waals surface area contributed by atoms with Gasteiger partial charge in [-0.1, -0.05) is 6.07 Å². The summed E-state index contributed by atoms with van der Waals surface area (Å²) in [6, 6.07) is 3.65. The highest BCUT2D eigenvalue weighted by molar-refractivity contribution is 5.94. The van der Waals surface area contributed by atoms with E-state index in [-0.39, 0.29) is 0 Å². The minimum atomic E-state index is -0.439. The third-order valence-electron chi connectivity index (χ3n) is 2.00. The highest BCUT2D eigenvalue weighted by Gasteiger charge is 2.15. The lowest BCUT2D eigenvalue weighted by molar-refractivity contribution is 0.0595. The van der Waals surface area contributed by atoms with E-state index in [0.717, 1.165) is 5.56 Å². The summed E-state index contributed by atoms with van der Waals surface area (Å²) >= 11 is 0. The number of aromatic amines is 1. The van der Waals surface area contributed by atoms with Crippen LogP contribution in [0.1, 0.15) is 10.5 Å². The van der Waals surface area contributed by atoms with Crippen LogP contribution in [0.15, 0.2) is 30.7 Å². The zero-order chi connectivity index (χ0) is 10.7. The lowest BCUT2D eigenvalue weighted by Gasteiger charge is -2.00. The van der Waals surface area contributed by atoms with E-state index in [1.807, 2.05) is 6.07 Å². The normalized spacial score (nSPS) is 9.93. The third kappa shape index (κ3) is 1.71. The van der Waals surface area contributed by atoms with Gasteiger partial charge in [0.05, 0.1) is 13.3 Å². The van der Waals surface area contributed by atoms with E-state index < -0.39 is 5.97 Å². The maximum absolute atomic E-state index is 11.4. The molecule has 0 unspecified atom stereocenters. The second-order valence-electron chi connectivity index (χ2n) is 2.89. The lowest BCUT2D eigenvalue weighted by Crippen LogP contribution is -2.03. The van der Waals surface area contributed by atoms with Crippen molar-refractivity contribution in [2.75, 3.05) is 7.11 Å². The molecule has 2 rings (SSSR count). The van der Waals surface area contributed by atoms with Crippen LogP contribution in [0.25, 0.3) is 11.1 Å². The summed E-state index contributed by atoms with van der Waals surface area (Å²) < 4.78 is 4.63. The molecule has 0 aliphatic heterocycles. The van der Waals surface area contributed by atoms with Crippen molar-refractivity contribution in [2.45, 2.75) is 0 Å². The molecule has 0 fully saturated rings. The Morgan fingerprint density at radius 1 is 1.47 bits per heavy atom. The molecule has 5 heteroatoms. The largest absolute Gasteiger partial charge is 0.464 e. The Kier molecular flexibility index (Phi) is 2.45. The van der Waals surface area contributed by atoms with Crippen LogP contribution >= 0.6 is 0 Å². The number of nitrogens with zero attached hydrogens (tertiary/aromatic N) is 2. The Labute approximate surface area is 86.1 Å². The molecule has 0 saturated carbocycles. The lowest BCUT2D eigenvalue weighted by atomic mass is 10.1. The van der Waals surface area contributed by atoms with Gasteiger partial charge < -0.3 is 4.74 Å². The standard InChI is InChI=1S/C10H9N3O2/c1-15-10(14)9-8(6-12-13-9)7-3-2-4-11-5-7/h2-6H,1H3,(H,12,13). The molecule has 2 aromatic heterocycles. The molecule has 0 bridgehead atoms. The third-order valence-corrected chi connectivity index (χ3v) is 2.00. The van der Waals surface area contributed by atoms with Gasteiger partial charge in [0.15, 0.2) is 5.69 Å². The number of rotatable bonds is 2. The molecule has 0 atom stereocenters. The van der Waals surface area contributed by atoms with Crippen molar-refractivity contribution < 1.29 is 9.53 Å². The predicted molar refractivity (Wildman–Crippen MR) is 53.2 cm³/mol. The monoisotopic (exact) mass is 203 g/mol. The second kappa shape index (κ2) is 3.91. The summed E-state index contributed by atoms with van der Waals surface area (Å²) in [7, 11) is 1.33. The number of hydrogen-bond donors (Lipinski definition) is 1. The second-order valence-corrected chi connectivity index (χ2v) is 2.89. The number of hydrogen-bond acceptors (Lipinski definition) is 4. The Bertz CT molecular complexity index is 465. The summed E-state index contributed by atoms with van der Waals surface area (Å²) in [6.45, 7) is 0. The predicted octanol–water partition coefficient (Wildman–Crippen LogP) is 1.26. The Hall–Kier alpha value is -2.17. The van der Waals surface area contributed by atoms with E-state index in [0.29, 0.717) is 11.3 Å². The summed E-state index contributed by atoms with van der Waals surface area (Å²) in [5.74, 6) is -0.439. The van der Waals surface area contributed by atoms with Crippen molar-refractivity contribution in [3.05, 3.63) is 36.4 Å². The van der Waals surface area contributed by atoms with Gasteiger partial charge in [-0.25, -0.2) is 4.79 Å². The average molecular weight is 203 g/mol. The first-order valence-corrected chi connectivity index (χ1v) is 4.35. The van der Waals surface area contributed by atoms with Crippen molar-refractivity contribution in [1.82, 2.24) is 15.2 Å². The number of methoxy groups -OCH3 is 1. The minimum Gasteiger partial charge on any atom is -0.464 e. The topological polar surface area (TPSA) is 67.9 Å². The Morgan fingerprint density at radius 3 is 3.00 bits per heavy atom. The molecule has 0 aliphatic rings. The van der Waals surface area contributed by atoms with Crippen molar-refractivity contribution in [3.8, 4) is 11.1 Å². The highest BCUT2D eigenvalue weighted by atomic mass is 16.5. The number of aromatic nitrogens is 3. The Morgan fingerprint density at radius 2 is 2.33 bits per heavy atom. The van der Waals surface area contributed by atoms with E-state index >= 15 is 0 Å². The van der Waals surface area contributed by atoms with Crippen LogP contribution < -0.4 is 0 Å². The minimum absolute atomic E-state index is 0.338. The molecule has 0 aliphatic carbocycles. The molecule has 0 aromatic carbocycles. The summed E-state index contributed by atoms with van der Waals surface area (Å²) in [4.78, 5) is 15.3. The number of H-pyrrole nitrogens is 1. The summed E-state index contributed by atoms with van der Waals surface area (Å²) in [5, 5.41) is 6.42. The molecule has 2 heterocycles. The molecule has 0 radical (unpaired) electrons. The number of ether oxygens (including phenoxy) is 1. The number of esters is 1. The molecule has 0 spiro atoms. The van der Waals surface area contributed by atoms with Crippen LogP contribution in [0.3, 0.4) is 0 Å². The van der Waals surface area contributed by atoms with Crippen LogP contribution in [-0.2, 0) is 4.74 Å². The molecule has 5 nitrogen and oxygen atoms in total. The molecular formula is C10H9N3O2. The van der Waals surface area contributed by atoms with E-state index in [2.05, 4.69) is 19.9 Å². The summed E-state index contributed by atoms with van der Waals surface area (Å²) in [6.07, 6.45) is 4.90. The van der Waals surface area contributed by atoms with Crippen molar-refractivity contribution in [1.29, 1.82) is 0 Å². The zero-order valence-electron chi connectivity index (χ0n) is 8.10. The van der Waals surface area contributed by atoms with Gasteiger partial charge in [-0.05, 0) is 6.07 Å². The highest BCUT2D eigenvalue weighted by Crippen LogP contribution is 2.20. The average Bonchev–Trinajstić information content (AvgIpc) is 2.78. The van der Waals surface area contributed by atoms with Gasteiger partial charge in [0, 0.05) is 23.5 Å². The number of nitrogens with one attached hydrogen (secondary N) is 1. The van der Waals surface area contributed by atoms with Gasteiger partial charge in [0.25, 0.3) is 0 Å². The molecule has 15 heavy (non-hydrogen) atoms. The molecule has 76 valence electrons. The van der Waals surface area contributed by atoms with Crippen molar-refractivity contribution >= 4 is 5.97 Å². The van der Waals surface area contributed by atoms with Crippen LogP contribution in [0.5, 0.6) is 0 Å². The number of carbonyl (C=O) groups excluding carboxylic acids is 1. The van der Waals surface area contributed by atoms with E-state index in [1.165, 1.54) is 7.11 Å². The SMILES string of the molecule is COC(=O)c1[nH]ncc1-c1cccnc1. The zero-order valence-corrected chi connectivity index (χ0v) is 8.10. The first kappa shape index (κ1) is 9.39. The fourth-order valence-electron chi connectivity index (χ4n) is 1.28. The molecule has 1 N–H and O–H groups in total. The van der Waals surface area contributed by atoms with Gasteiger partial charge in [-0.15, -0.1) is 0 Å². The summed E-state index contributed by atoms with van der Waals surface area (Å²) in [5.41, 5.74) is 1.85. The van der Waals surface area contributed by atoms with Crippen LogP contribution in [0.4, 0.5) is 0 Å². The maximum Gasteiger partial charge on any atom is 0.356 e. The van der Waals surface area contributed by atoms with Crippen molar-refractivity contribution in [2.24, 2.45) is 0 Å². The smallest absolute Gasteiger partial charge is 0.356 e. The first-order chi connectivity index (χ1) is 7.33. The molecule has 0 saturated heterocycles. The van der Waals surface area contributed by atoms with Gasteiger partial charge in [0.1, 0.15) is 0 Å². The van der Waals surface area contributed by atoms with Crippen molar-refractivity contribution in [3.63, 3.8) is 0 Å². The first-order valence-electron chi connectivity index (χ1n) is 4.35.